The van der Waals surface area contributed by atoms with Crippen LogP contribution in [0.2, 0.25) is 0 Å². The lowest BCUT2D eigenvalue weighted by molar-refractivity contribution is 0.122. The summed E-state index contributed by atoms with van der Waals surface area (Å²) in [7, 11) is -2.30. The van der Waals surface area contributed by atoms with Gasteiger partial charge in [0.15, 0.2) is 0 Å². The minimum Gasteiger partial charge on any atom is -0.383 e. The first-order chi connectivity index (χ1) is 9.88. The van der Waals surface area contributed by atoms with Gasteiger partial charge in [0.2, 0.25) is 10.0 Å². The van der Waals surface area contributed by atoms with Gasteiger partial charge in [0.1, 0.15) is 10.7 Å². The van der Waals surface area contributed by atoms with Gasteiger partial charge in [0, 0.05) is 13.7 Å². The summed E-state index contributed by atoms with van der Waals surface area (Å²) in [6.45, 7) is 3.13. The Hall–Kier alpha value is -1.02. The Kier molecular flexibility index (Phi) is 4.98. The molecule has 2 N–H and O–H groups in total. The van der Waals surface area contributed by atoms with Crippen LogP contribution in [-0.2, 0) is 14.8 Å². The Balaban J connectivity index is 2.15. The minimum atomic E-state index is -3.88. The van der Waals surface area contributed by atoms with Gasteiger partial charge in [-0.05, 0) is 44.0 Å². The van der Waals surface area contributed by atoms with Gasteiger partial charge >= 0.3 is 0 Å². The van der Waals surface area contributed by atoms with Crippen LogP contribution in [-0.4, -0.2) is 40.8 Å². The topological polar surface area (TPSA) is 67.4 Å². The first-order valence-corrected chi connectivity index (χ1v) is 8.37. The third-order valence-corrected chi connectivity index (χ3v) is 5.15. The quantitative estimate of drug-likeness (QED) is 0.827. The molecule has 0 spiro atoms. The van der Waals surface area contributed by atoms with Crippen LogP contribution < -0.4 is 10.0 Å². The smallest absolute Gasteiger partial charge is 0.243 e. The van der Waals surface area contributed by atoms with Crippen molar-refractivity contribution in [1.82, 2.24) is 10.0 Å². The van der Waals surface area contributed by atoms with Gasteiger partial charge in [-0.3, -0.25) is 0 Å². The van der Waals surface area contributed by atoms with Gasteiger partial charge in [0.25, 0.3) is 0 Å². The molecule has 1 fully saturated rings. The summed E-state index contributed by atoms with van der Waals surface area (Å²) in [4.78, 5) is -0.312. The highest BCUT2D eigenvalue weighted by atomic mass is 32.2. The minimum absolute atomic E-state index is 0.177. The fourth-order valence-corrected chi connectivity index (χ4v) is 3.89. The van der Waals surface area contributed by atoms with Gasteiger partial charge < -0.3 is 10.1 Å². The second-order valence-corrected chi connectivity index (χ2v) is 7.24. The fraction of sp³-hybridized carbons (Fsp3) is 0.571. The van der Waals surface area contributed by atoms with Crippen molar-refractivity contribution in [2.45, 2.75) is 30.2 Å². The van der Waals surface area contributed by atoms with E-state index >= 15 is 0 Å². The summed E-state index contributed by atoms with van der Waals surface area (Å²) >= 11 is 0. The van der Waals surface area contributed by atoms with Crippen LogP contribution in [0.25, 0.3) is 0 Å². The largest absolute Gasteiger partial charge is 0.383 e. The first kappa shape index (κ1) is 16.4. The molecule has 0 aliphatic carbocycles. The van der Waals surface area contributed by atoms with Crippen LogP contribution in [0.4, 0.5) is 4.39 Å². The number of hydrogen-bond acceptors (Lipinski definition) is 4. The summed E-state index contributed by atoms with van der Waals surface area (Å²) in [5.74, 6) is -0.742. The maximum absolute atomic E-state index is 13.7. The molecule has 118 valence electrons. The number of rotatable bonds is 6. The molecule has 7 heteroatoms. The highest BCUT2D eigenvalue weighted by Gasteiger charge is 2.35. The first-order valence-electron chi connectivity index (χ1n) is 6.88. The zero-order chi connectivity index (χ0) is 15.5. The average Bonchev–Trinajstić information content (AvgIpc) is 2.89. The normalized spacial score (nSPS) is 22.6. The molecule has 1 saturated heterocycles. The van der Waals surface area contributed by atoms with Crippen molar-refractivity contribution in [1.29, 1.82) is 0 Å². The number of halogens is 1. The van der Waals surface area contributed by atoms with Crippen LogP contribution in [0, 0.1) is 12.7 Å². The number of benzene rings is 1. The van der Waals surface area contributed by atoms with E-state index in [1.54, 1.807) is 20.1 Å². The molecule has 1 aliphatic heterocycles. The Labute approximate surface area is 124 Å². The highest BCUT2D eigenvalue weighted by Crippen LogP contribution is 2.21. The van der Waals surface area contributed by atoms with Gasteiger partial charge in [-0.1, -0.05) is 6.07 Å². The molecule has 1 heterocycles. The molecule has 5 nitrogen and oxygen atoms in total. The van der Waals surface area contributed by atoms with Gasteiger partial charge in [-0.25, -0.2) is 17.5 Å². The molecule has 0 aromatic heterocycles. The second-order valence-electron chi connectivity index (χ2n) is 5.50. The zero-order valence-electron chi connectivity index (χ0n) is 12.3. The van der Waals surface area contributed by atoms with Crippen molar-refractivity contribution in [2.75, 3.05) is 26.8 Å². The molecule has 1 aromatic carbocycles. The number of ether oxygens (including phenoxy) is 1. The maximum atomic E-state index is 13.7. The van der Waals surface area contributed by atoms with Gasteiger partial charge in [0.05, 0.1) is 12.1 Å². The van der Waals surface area contributed by atoms with E-state index < -0.39 is 21.4 Å². The number of hydrogen-bond donors (Lipinski definition) is 2. The fourth-order valence-electron chi connectivity index (χ4n) is 2.60. The van der Waals surface area contributed by atoms with Crippen LogP contribution in [0.15, 0.2) is 23.1 Å². The molecule has 0 radical (unpaired) electrons. The van der Waals surface area contributed by atoms with E-state index in [1.807, 2.05) is 0 Å². The number of sulfonamides is 1. The summed E-state index contributed by atoms with van der Waals surface area (Å²) in [5, 5.41) is 3.28. The zero-order valence-corrected chi connectivity index (χ0v) is 13.1. The van der Waals surface area contributed by atoms with E-state index in [0.29, 0.717) is 12.2 Å². The number of methoxy groups -OCH3 is 1. The lowest BCUT2D eigenvalue weighted by Gasteiger charge is -2.28. The van der Waals surface area contributed by atoms with Crippen LogP contribution in [0.5, 0.6) is 0 Å². The molecule has 0 bridgehead atoms. The van der Waals surface area contributed by atoms with Crippen molar-refractivity contribution in [3.05, 3.63) is 29.6 Å². The molecule has 0 amide bonds. The maximum Gasteiger partial charge on any atom is 0.243 e. The Bertz CT molecular complexity index is 598. The van der Waals surface area contributed by atoms with Crippen molar-refractivity contribution in [3.63, 3.8) is 0 Å². The van der Waals surface area contributed by atoms with Crippen molar-refractivity contribution in [3.8, 4) is 0 Å². The van der Waals surface area contributed by atoms with E-state index in [0.717, 1.165) is 19.4 Å². The van der Waals surface area contributed by atoms with E-state index in [2.05, 4.69) is 10.0 Å². The number of aryl methyl sites for hydroxylation is 1. The lowest BCUT2D eigenvalue weighted by Crippen LogP contribution is -2.52. The summed E-state index contributed by atoms with van der Waals surface area (Å²) in [6.07, 6.45) is 1.78. The summed E-state index contributed by atoms with van der Waals surface area (Å²) in [5.41, 5.74) is 0.282. The molecular formula is C14H21FN2O3S. The molecule has 21 heavy (non-hydrogen) atoms. The highest BCUT2D eigenvalue weighted by molar-refractivity contribution is 7.89. The van der Waals surface area contributed by atoms with Crippen molar-refractivity contribution < 1.29 is 17.5 Å². The molecule has 0 saturated carbocycles. The van der Waals surface area contributed by atoms with Crippen LogP contribution in [0.1, 0.15) is 18.4 Å². The Morgan fingerprint density at radius 3 is 2.86 bits per heavy atom. The van der Waals surface area contributed by atoms with Crippen molar-refractivity contribution in [2.24, 2.45) is 0 Å². The van der Waals surface area contributed by atoms with Gasteiger partial charge in [-0.2, -0.15) is 0 Å². The van der Waals surface area contributed by atoms with Gasteiger partial charge in [-0.15, -0.1) is 0 Å². The predicted octanol–water partition coefficient (Wildman–Crippen LogP) is 1.18. The molecule has 1 aromatic rings. The molecule has 1 aliphatic rings. The standard InChI is InChI=1S/C14H21FN2O3S/c1-11-4-5-12(15)13(8-11)21(18,19)17-9-14(10-20-2)6-3-7-16-14/h4-5,8,16-17H,3,6-7,9-10H2,1-2H3. The third-order valence-electron chi connectivity index (χ3n) is 3.73. The Morgan fingerprint density at radius 1 is 1.48 bits per heavy atom. The Morgan fingerprint density at radius 2 is 2.24 bits per heavy atom. The summed E-state index contributed by atoms with van der Waals surface area (Å²) in [6, 6.07) is 4.05. The predicted molar refractivity (Wildman–Crippen MR) is 78.2 cm³/mol. The van der Waals surface area contributed by atoms with E-state index in [4.69, 9.17) is 4.74 Å². The van der Waals surface area contributed by atoms with E-state index in [-0.39, 0.29) is 11.4 Å². The van der Waals surface area contributed by atoms with Crippen LogP contribution >= 0.6 is 0 Å². The second kappa shape index (κ2) is 6.39. The molecular weight excluding hydrogens is 295 g/mol. The third kappa shape index (κ3) is 3.79. The molecule has 1 unspecified atom stereocenters. The van der Waals surface area contributed by atoms with Crippen molar-refractivity contribution >= 4 is 10.0 Å². The number of nitrogens with one attached hydrogen (secondary N) is 2. The molecule has 2 rings (SSSR count). The monoisotopic (exact) mass is 316 g/mol. The lowest BCUT2D eigenvalue weighted by atomic mass is 9.99. The average molecular weight is 316 g/mol. The van der Waals surface area contributed by atoms with Crippen LogP contribution in [0.3, 0.4) is 0 Å². The summed E-state index contributed by atoms with van der Waals surface area (Å²) < 4.78 is 46.0. The van der Waals surface area contributed by atoms with E-state index in [1.165, 1.54) is 12.1 Å². The SMILES string of the molecule is COCC1(CNS(=O)(=O)c2cc(C)ccc2F)CCCN1. The molecule has 1 atom stereocenters. The van der Waals surface area contributed by atoms with E-state index in [9.17, 15) is 12.8 Å².